The van der Waals surface area contributed by atoms with Gasteiger partial charge < -0.3 is 4.90 Å². The summed E-state index contributed by atoms with van der Waals surface area (Å²) in [6, 6.07) is 0.219. The molecule has 0 aromatic carbocycles. The van der Waals surface area contributed by atoms with Crippen LogP contribution in [0.4, 0.5) is 0 Å². The molecule has 0 aromatic heterocycles. The van der Waals surface area contributed by atoms with Gasteiger partial charge >= 0.3 is 0 Å². The summed E-state index contributed by atoms with van der Waals surface area (Å²) in [6.45, 7) is 4.35. The highest BCUT2D eigenvalue weighted by Crippen LogP contribution is 2.58. The van der Waals surface area contributed by atoms with Crippen LogP contribution in [0.1, 0.15) is 13.8 Å². The highest BCUT2D eigenvalue weighted by Gasteiger charge is 2.69. The van der Waals surface area contributed by atoms with E-state index in [0.29, 0.717) is 11.7 Å². The summed E-state index contributed by atoms with van der Waals surface area (Å²) in [5.41, 5.74) is 0.180. The van der Waals surface area contributed by atoms with Crippen molar-refractivity contribution < 1.29 is 8.42 Å². The van der Waals surface area contributed by atoms with Crippen LogP contribution in [0.15, 0.2) is 0 Å². The number of fused-ring (bicyclic) bond motifs is 1. The average Bonchev–Trinajstić information content (AvgIpc) is 1.94. The molecule has 4 heteroatoms. The molecule has 3 nitrogen and oxygen atoms in total. The van der Waals surface area contributed by atoms with E-state index in [2.05, 4.69) is 18.7 Å². The minimum atomic E-state index is -2.73. The number of nitrogens with zero attached hydrogens (tertiary/aromatic N) is 1. The number of sulfone groups is 1. The van der Waals surface area contributed by atoms with Crippen LogP contribution in [0.25, 0.3) is 0 Å². The van der Waals surface area contributed by atoms with Crippen LogP contribution in [-0.2, 0) is 9.84 Å². The lowest BCUT2D eigenvalue weighted by Crippen LogP contribution is -2.77. The Bertz CT molecular complexity index is 332. The van der Waals surface area contributed by atoms with E-state index < -0.39 is 9.84 Å². The average molecular weight is 203 g/mol. The van der Waals surface area contributed by atoms with E-state index in [-0.39, 0.29) is 16.7 Å². The van der Waals surface area contributed by atoms with Crippen LogP contribution < -0.4 is 0 Å². The molecule has 0 amide bonds. The van der Waals surface area contributed by atoms with Gasteiger partial charge in [-0.2, -0.15) is 0 Å². The van der Waals surface area contributed by atoms with E-state index in [1.54, 1.807) is 0 Å². The Morgan fingerprint density at radius 3 is 2.15 bits per heavy atom. The molecule has 3 atom stereocenters. The smallest absolute Gasteiger partial charge is 0.155 e. The fraction of sp³-hybridized carbons (Fsp3) is 1.00. The number of rotatable bonds is 1. The third kappa shape index (κ3) is 0.960. The van der Waals surface area contributed by atoms with Crippen molar-refractivity contribution in [3.05, 3.63) is 0 Å². The zero-order chi connectivity index (χ0) is 10.0. The maximum atomic E-state index is 11.5. The van der Waals surface area contributed by atoms with Crippen molar-refractivity contribution in [1.29, 1.82) is 0 Å². The minimum absolute atomic E-state index is 0.0718. The molecule has 2 fully saturated rings. The van der Waals surface area contributed by atoms with Crippen LogP contribution in [0.5, 0.6) is 0 Å². The van der Waals surface area contributed by atoms with Crippen molar-refractivity contribution in [2.75, 3.05) is 19.8 Å². The number of hydrogen-bond acceptors (Lipinski definition) is 3. The fourth-order valence-electron chi connectivity index (χ4n) is 3.12. The van der Waals surface area contributed by atoms with Gasteiger partial charge in [-0.25, -0.2) is 8.42 Å². The Morgan fingerprint density at radius 1 is 1.31 bits per heavy atom. The molecule has 1 aliphatic carbocycles. The Balaban J connectivity index is 2.28. The highest BCUT2D eigenvalue weighted by molar-refractivity contribution is 7.93. The highest BCUT2D eigenvalue weighted by atomic mass is 32.2. The van der Waals surface area contributed by atoms with Crippen LogP contribution >= 0.6 is 0 Å². The van der Waals surface area contributed by atoms with E-state index in [1.165, 1.54) is 0 Å². The molecular formula is C9H17NO2S. The molecule has 0 unspecified atom stereocenters. The molecule has 1 saturated carbocycles. The van der Waals surface area contributed by atoms with Gasteiger partial charge in [-0.05, 0) is 25.4 Å². The summed E-state index contributed by atoms with van der Waals surface area (Å²) in [7, 11) is 1.21. The van der Waals surface area contributed by atoms with Crippen LogP contribution in [0.3, 0.4) is 0 Å². The quantitative estimate of drug-likeness (QED) is 0.618. The molecular weight excluding hydrogens is 186 g/mol. The standard InChI is InChI=1S/C9H17NO2S/c1-9(2)6-5-13(11,12)7(6)8(9)10(3)4/h6-8H,5H2,1-4H3/t6-,7+,8+/m0/s1. The van der Waals surface area contributed by atoms with Gasteiger partial charge in [-0.3, -0.25) is 0 Å². The molecule has 2 rings (SSSR count). The lowest BCUT2D eigenvalue weighted by atomic mass is 9.57. The van der Waals surface area contributed by atoms with E-state index in [9.17, 15) is 8.42 Å². The summed E-state index contributed by atoms with van der Waals surface area (Å²) in [5, 5.41) is -0.0718. The minimum Gasteiger partial charge on any atom is -0.305 e. The van der Waals surface area contributed by atoms with Gasteiger partial charge in [0.05, 0.1) is 11.0 Å². The summed E-state index contributed by atoms with van der Waals surface area (Å²) >= 11 is 0. The molecule has 0 N–H and O–H groups in total. The van der Waals surface area contributed by atoms with Crippen LogP contribution in [0, 0.1) is 11.3 Å². The summed E-state index contributed by atoms with van der Waals surface area (Å²) < 4.78 is 22.9. The third-order valence-corrected chi connectivity index (χ3v) is 6.05. The van der Waals surface area contributed by atoms with Gasteiger partial charge in [0.2, 0.25) is 0 Å². The third-order valence-electron chi connectivity index (χ3n) is 3.81. The zero-order valence-electron chi connectivity index (χ0n) is 8.61. The second kappa shape index (κ2) is 2.28. The summed E-state index contributed by atoms with van der Waals surface area (Å²) in [6.07, 6.45) is 0. The van der Waals surface area contributed by atoms with Gasteiger partial charge in [0.15, 0.2) is 9.84 Å². The normalized spacial score (nSPS) is 44.8. The largest absolute Gasteiger partial charge is 0.305 e. The van der Waals surface area contributed by atoms with Gasteiger partial charge in [-0.15, -0.1) is 0 Å². The maximum absolute atomic E-state index is 11.5. The molecule has 0 spiro atoms. The predicted molar refractivity (Wildman–Crippen MR) is 52.3 cm³/mol. The molecule has 1 saturated heterocycles. The maximum Gasteiger partial charge on any atom is 0.155 e. The lowest BCUT2D eigenvalue weighted by molar-refractivity contribution is -0.0397. The summed E-state index contributed by atoms with van der Waals surface area (Å²) in [5.74, 6) is 0.819. The first kappa shape index (κ1) is 9.46. The van der Waals surface area contributed by atoms with Crippen LogP contribution in [0.2, 0.25) is 0 Å². The van der Waals surface area contributed by atoms with Crippen molar-refractivity contribution in [3.63, 3.8) is 0 Å². The fourth-order valence-corrected chi connectivity index (χ4v) is 6.06. The van der Waals surface area contributed by atoms with Crippen molar-refractivity contribution in [3.8, 4) is 0 Å². The molecule has 76 valence electrons. The van der Waals surface area contributed by atoms with Crippen molar-refractivity contribution in [2.24, 2.45) is 11.3 Å². The molecule has 0 bridgehead atoms. The molecule has 13 heavy (non-hydrogen) atoms. The van der Waals surface area contributed by atoms with Crippen LogP contribution in [-0.4, -0.2) is 44.5 Å². The van der Waals surface area contributed by atoms with E-state index in [4.69, 9.17) is 0 Å². The zero-order valence-corrected chi connectivity index (χ0v) is 9.43. The Morgan fingerprint density at radius 2 is 1.85 bits per heavy atom. The van der Waals surface area contributed by atoms with Crippen molar-refractivity contribution >= 4 is 9.84 Å². The number of hydrogen-bond donors (Lipinski definition) is 0. The SMILES string of the molecule is CN(C)[C@@H]1[C@H]2[C@H](CS2(=O)=O)C1(C)C. The first-order chi connectivity index (χ1) is 5.78. The van der Waals surface area contributed by atoms with Gasteiger partial charge in [0.25, 0.3) is 0 Å². The molecule has 1 heterocycles. The monoisotopic (exact) mass is 203 g/mol. The second-order valence-corrected chi connectivity index (χ2v) is 7.33. The topological polar surface area (TPSA) is 37.4 Å². The lowest BCUT2D eigenvalue weighted by Gasteiger charge is -2.65. The second-order valence-electron chi connectivity index (χ2n) is 5.13. The predicted octanol–water partition coefficient (Wildman–Crippen LogP) is 0.370. The first-order valence-corrected chi connectivity index (χ1v) is 6.38. The Kier molecular flexibility index (Phi) is 1.66. The summed E-state index contributed by atoms with van der Waals surface area (Å²) in [4.78, 5) is 2.05. The molecule has 2 aliphatic rings. The molecule has 0 aromatic rings. The first-order valence-electron chi connectivity index (χ1n) is 4.66. The van der Waals surface area contributed by atoms with Gasteiger partial charge in [0.1, 0.15) is 0 Å². The van der Waals surface area contributed by atoms with E-state index in [1.807, 2.05) is 14.1 Å². The van der Waals surface area contributed by atoms with Gasteiger partial charge in [0, 0.05) is 6.04 Å². The van der Waals surface area contributed by atoms with E-state index >= 15 is 0 Å². The molecule has 0 radical (unpaired) electrons. The Hall–Kier alpha value is -0.0900. The van der Waals surface area contributed by atoms with Crippen molar-refractivity contribution in [1.82, 2.24) is 4.90 Å². The molecule has 1 aliphatic heterocycles. The van der Waals surface area contributed by atoms with Crippen molar-refractivity contribution in [2.45, 2.75) is 25.1 Å². The Labute approximate surface area is 80.0 Å². The van der Waals surface area contributed by atoms with E-state index in [0.717, 1.165) is 0 Å². The van der Waals surface area contributed by atoms with Gasteiger partial charge in [-0.1, -0.05) is 13.8 Å².